The molecule has 1 aliphatic rings. The first-order valence-corrected chi connectivity index (χ1v) is 6.98. The van der Waals surface area contributed by atoms with Gasteiger partial charge < -0.3 is 10.6 Å². The summed E-state index contributed by atoms with van der Waals surface area (Å²) in [5, 5.41) is 0. The molecule has 0 saturated carbocycles. The predicted molar refractivity (Wildman–Crippen MR) is 80.4 cm³/mol. The number of amides is 1. The zero-order valence-electron chi connectivity index (χ0n) is 11.9. The van der Waals surface area contributed by atoms with Crippen LogP contribution in [-0.2, 0) is 13.0 Å². The van der Waals surface area contributed by atoms with Crippen molar-refractivity contribution in [1.29, 1.82) is 0 Å². The number of rotatable bonds is 1. The van der Waals surface area contributed by atoms with Crippen LogP contribution in [0.4, 0.5) is 10.1 Å². The number of halogens is 1. The van der Waals surface area contributed by atoms with Gasteiger partial charge in [-0.15, -0.1) is 0 Å². The third kappa shape index (κ3) is 2.49. The smallest absolute Gasteiger partial charge is 0.254 e. The average molecular weight is 284 g/mol. The van der Waals surface area contributed by atoms with Gasteiger partial charge in [0.25, 0.3) is 5.91 Å². The monoisotopic (exact) mass is 284 g/mol. The van der Waals surface area contributed by atoms with E-state index in [0.717, 1.165) is 12.0 Å². The Balaban J connectivity index is 1.87. The van der Waals surface area contributed by atoms with Crippen molar-refractivity contribution in [2.24, 2.45) is 0 Å². The summed E-state index contributed by atoms with van der Waals surface area (Å²) in [4.78, 5) is 14.2. The summed E-state index contributed by atoms with van der Waals surface area (Å²) in [5.41, 5.74) is 9.82. The first-order chi connectivity index (χ1) is 10.1. The van der Waals surface area contributed by atoms with Crippen molar-refractivity contribution in [1.82, 2.24) is 4.90 Å². The second-order valence-corrected chi connectivity index (χ2v) is 5.43. The molecule has 0 aromatic heterocycles. The van der Waals surface area contributed by atoms with Gasteiger partial charge in [-0.05, 0) is 48.2 Å². The van der Waals surface area contributed by atoms with Crippen molar-refractivity contribution in [3.05, 3.63) is 64.5 Å². The Hall–Kier alpha value is -2.36. The Morgan fingerprint density at radius 1 is 1.29 bits per heavy atom. The van der Waals surface area contributed by atoms with E-state index in [2.05, 4.69) is 0 Å². The summed E-state index contributed by atoms with van der Waals surface area (Å²) >= 11 is 0. The van der Waals surface area contributed by atoms with Crippen LogP contribution in [0.15, 0.2) is 36.4 Å². The molecule has 3 rings (SSSR count). The van der Waals surface area contributed by atoms with E-state index in [1.807, 2.05) is 18.2 Å². The van der Waals surface area contributed by atoms with Gasteiger partial charge in [0, 0.05) is 24.3 Å². The topological polar surface area (TPSA) is 46.3 Å². The molecule has 108 valence electrons. The van der Waals surface area contributed by atoms with Gasteiger partial charge in [-0.2, -0.15) is 0 Å². The number of anilines is 1. The van der Waals surface area contributed by atoms with E-state index >= 15 is 0 Å². The van der Waals surface area contributed by atoms with E-state index in [9.17, 15) is 9.18 Å². The van der Waals surface area contributed by atoms with Crippen LogP contribution in [0.25, 0.3) is 0 Å². The molecule has 0 saturated heterocycles. The third-order valence-corrected chi connectivity index (χ3v) is 4.02. The summed E-state index contributed by atoms with van der Waals surface area (Å²) in [7, 11) is 0. The second kappa shape index (κ2) is 5.20. The van der Waals surface area contributed by atoms with E-state index < -0.39 is 0 Å². The number of fused-ring (bicyclic) bond motifs is 1. The minimum Gasteiger partial charge on any atom is -0.398 e. The van der Waals surface area contributed by atoms with Crippen molar-refractivity contribution in [2.45, 2.75) is 19.9 Å². The van der Waals surface area contributed by atoms with E-state index in [-0.39, 0.29) is 11.7 Å². The molecule has 4 heteroatoms. The van der Waals surface area contributed by atoms with E-state index in [0.29, 0.717) is 29.9 Å². The predicted octanol–water partition coefficient (Wildman–Crippen LogP) is 2.91. The molecular formula is C17H17FN2O. The number of benzene rings is 2. The van der Waals surface area contributed by atoms with Gasteiger partial charge in [-0.1, -0.05) is 18.2 Å². The Bertz CT molecular complexity index is 712. The van der Waals surface area contributed by atoms with Crippen LogP contribution < -0.4 is 5.73 Å². The Kier molecular flexibility index (Phi) is 3.37. The van der Waals surface area contributed by atoms with Gasteiger partial charge >= 0.3 is 0 Å². The van der Waals surface area contributed by atoms with Gasteiger partial charge in [0.05, 0.1) is 0 Å². The Labute approximate surface area is 123 Å². The summed E-state index contributed by atoms with van der Waals surface area (Å²) in [5.74, 6) is -0.499. The van der Waals surface area contributed by atoms with Crippen LogP contribution in [0.2, 0.25) is 0 Å². The molecule has 3 nitrogen and oxygen atoms in total. The van der Waals surface area contributed by atoms with Crippen LogP contribution in [-0.4, -0.2) is 17.4 Å². The van der Waals surface area contributed by atoms with Crippen molar-refractivity contribution < 1.29 is 9.18 Å². The molecule has 0 radical (unpaired) electrons. The molecule has 2 aromatic rings. The van der Waals surface area contributed by atoms with Crippen LogP contribution in [0, 0.1) is 12.7 Å². The molecule has 21 heavy (non-hydrogen) atoms. The molecule has 1 aliphatic heterocycles. The quantitative estimate of drug-likeness (QED) is 0.818. The van der Waals surface area contributed by atoms with Crippen molar-refractivity contribution in [3.63, 3.8) is 0 Å². The van der Waals surface area contributed by atoms with Gasteiger partial charge in [0.1, 0.15) is 5.82 Å². The molecule has 0 spiro atoms. The fourth-order valence-corrected chi connectivity index (χ4v) is 2.69. The molecule has 1 heterocycles. The number of carbonyl (C=O) groups excluding carboxylic acids is 1. The van der Waals surface area contributed by atoms with Gasteiger partial charge in [-0.3, -0.25) is 4.79 Å². The minimum absolute atomic E-state index is 0.150. The van der Waals surface area contributed by atoms with Crippen LogP contribution in [0.3, 0.4) is 0 Å². The lowest BCUT2D eigenvalue weighted by atomic mass is 9.97. The number of nitrogens with two attached hydrogens (primary N) is 1. The van der Waals surface area contributed by atoms with Crippen molar-refractivity contribution in [3.8, 4) is 0 Å². The maximum absolute atomic E-state index is 13.6. The van der Waals surface area contributed by atoms with E-state index in [1.54, 1.807) is 24.0 Å². The number of hydrogen-bond acceptors (Lipinski definition) is 2. The summed E-state index contributed by atoms with van der Waals surface area (Å²) in [6.07, 6.45) is 0.778. The molecule has 0 aliphatic carbocycles. The summed E-state index contributed by atoms with van der Waals surface area (Å²) < 4.78 is 13.6. The fourth-order valence-electron chi connectivity index (χ4n) is 2.69. The van der Waals surface area contributed by atoms with Gasteiger partial charge in [0.15, 0.2) is 0 Å². The Morgan fingerprint density at radius 2 is 2.10 bits per heavy atom. The number of aryl methyl sites for hydroxylation is 1. The third-order valence-electron chi connectivity index (χ3n) is 4.02. The van der Waals surface area contributed by atoms with Crippen molar-refractivity contribution >= 4 is 11.6 Å². The molecule has 2 N–H and O–H groups in total. The molecule has 0 unspecified atom stereocenters. The summed E-state index contributed by atoms with van der Waals surface area (Å²) in [6, 6.07) is 10.4. The molecule has 1 amide bonds. The highest BCUT2D eigenvalue weighted by Gasteiger charge is 2.23. The standard InChI is InChI=1S/C17H17FN2O/c1-11-5-6-13(9-15(11)18)17(21)20-8-7-12-3-2-4-16(19)14(12)10-20/h2-6,9H,7-8,10,19H2,1H3. The Morgan fingerprint density at radius 3 is 2.86 bits per heavy atom. The zero-order chi connectivity index (χ0) is 15.0. The largest absolute Gasteiger partial charge is 0.398 e. The zero-order valence-corrected chi connectivity index (χ0v) is 11.9. The van der Waals surface area contributed by atoms with Crippen LogP contribution >= 0.6 is 0 Å². The number of hydrogen-bond donors (Lipinski definition) is 1. The lowest BCUT2D eigenvalue weighted by Gasteiger charge is -2.29. The molecule has 0 fully saturated rings. The minimum atomic E-state index is -0.349. The molecule has 0 bridgehead atoms. The maximum atomic E-state index is 13.6. The highest BCUT2D eigenvalue weighted by molar-refractivity contribution is 5.94. The molecule has 2 aromatic carbocycles. The highest BCUT2D eigenvalue weighted by Crippen LogP contribution is 2.25. The number of nitrogens with zero attached hydrogens (tertiary/aromatic N) is 1. The van der Waals surface area contributed by atoms with Crippen LogP contribution in [0.5, 0.6) is 0 Å². The average Bonchev–Trinajstić information content (AvgIpc) is 2.49. The first kappa shape index (κ1) is 13.6. The first-order valence-electron chi connectivity index (χ1n) is 6.98. The highest BCUT2D eigenvalue weighted by atomic mass is 19.1. The fraction of sp³-hybridized carbons (Fsp3) is 0.235. The number of carbonyl (C=O) groups is 1. The van der Waals surface area contributed by atoms with Crippen molar-refractivity contribution in [2.75, 3.05) is 12.3 Å². The molecule has 0 atom stereocenters. The van der Waals surface area contributed by atoms with E-state index in [4.69, 9.17) is 5.73 Å². The maximum Gasteiger partial charge on any atom is 0.254 e. The van der Waals surface area contributed by atoms with E-state index in [1.165, 1.54) is 11.6 Å². The van der Waals surface area contributed by atoms with Gasteiger partial charge in [-0.25, -0.2) is 4.39 Å². The lowest BCUT2D eigenvalue weighted by Crippen LogP contribution is -2.36. The second-order valence-electron chi connectivity index (χ2n) is 5.43. The molecular weight excluding hydrogens is 267 g/mol. The van der Waals surface area contributed by atoms with Crippen LogP contribution in [0.1, 0.15) is 27.0 Å². The number of nitrogen functional groups attached to an aromatic ring is 1. The lowest BCUT2D eigenvalue weighted by molar-refractivity contribution is 0.0734. The SMILES string of the molecule is Cc1ccc(C(=O)N2CCc3cccc(N)c3C2)cc1F. The van der Waals surface area contributed by atoms with Gasteiger partial charge in [0.2, 0.25) is 0 Å². The normalized spacial score (nSPS) is 13.9. The summed E-state index contributed by atoms with van der Waals surface area (Å²) in [6.45, 7) is 2.79.